The molecule has 0 atom stereocenters. The molecular weight excluding hydrogens is 408 g/mol. The van der Waals surface area contributed by atoms with Gasteiger partial charge in [0, 0.05) is 11.3 Å². The third-order valence-corrected chi connectivity index (χ3v) is 4.35. The summed E-state index contributed by atoms with van der Waals surface area (Å²) in [6.07, 6.45) is 3.78. The zero-order chi connectivity index (χ0) is 23.5. The van der Waals surface area contributed by atoms with Crippen molar-refractivity contribution in [3.05, 3.63) is 71.3 Å². The van der Waals surface area contributed by atoms with Crippen molar-refractivity contribution in [2.45, 2.75) is 20.3 Å². The maximum Gasteiger partial charge on any atom is 0.337 e. The molecule has 1 N–H and O–H groups in total. The van der Waals surface area contributed by atoms with Crippen LogP contribution in [0.3, 0.4) is 0 Å². The van der Waals surface area contributed by atoms with E-state index in [0.29, 0.717) is 47.9 Å². The van der Waals surface area contributed by atoms with Gasteiger partial charge in [0.05, 0.1) is 25.9 Å². The van der Waals surface area contributed by atoms with Crippen LogP contribution in [-0.4, -0.2) is 32.2 Å². The van der Waals surface area contributed by atoms with Crippen molar-refractivity contribution in [3.8, 4) is 17.6 Å². The number of carbonyl (C=O) groups is 2. The Labute approximate surface area is 187 Å². The number of esters is 1. The highest BCUT2D eigenvalue weighted by Gasteiger charge is 2.15. The fourth-order valence-electron chi connectivity index (χ4n) is 2.97. The molecule has 0 radical (unpaired) electrons. The van der Waals surface area contributed by atoms with Crippen molar-refractivity contribution in [1.82, 2.24) is 0 Å². The highest BCUT2D eigenvalue weighted by molar-refractivity contribution is 6.09. The summed E-state index contributed by atoms with van der Waals surface area (Å²) in [7, 11) is 1.29. The Hall–Kier alpha value is -4.05. The van der Waals surface area contributed by atoms with E-state index in [9.17, 15) is 14.9 Å². The van der Waals surface area contributed by atoms with E-state index in [-0.39, 0.29) is 5.57 Å². The lowest BCUT2D eigenvalue weighted by Gasteiger charge is -2.16. The molecule has 7 heteroatoms. The molecule has 0 unspecified atom stereocenters. The van der Waals surface area contributed by atoms with E-state index in [1.165, 1.54) is 25.3 Å². The van der Waals surface area contributed by atoms with Crippen LogP contribution in [0, 0.1) is 11.3 Å². The summed E-state index contributed by atoms with van der Waals surface area (Å²) in [5, 5.41) is 12.2. The third kappa shape index (κ3) is 6.22. The molecule has 166 valence electrons. The van der Waals surface area contributed by atoms with Crippen LogP contribution >= 0.6 is 0 Å². The van der Waals surface area contributed by atoms with Gasteiger partial charge in [-0.2, -0.15) is 5.26 Å². The minimum atomic E-state index is -0.574. The average molecular weight is 434 g/mol. The molecular formula is C25H26N2O5. The van der Waals surface area contributed by atoms with Crippen molar-refractivity contribution in [2.75, 3.05) is 25.6 Å². The smallest absolute Gasteiger partial charge is 0.337 e. The van der Waals surface area contributed by atoms with E-state index in [4.69, 9.17) is 9.47 Å². The highest BCUT2D eigenvalue weighted by atomic mass is 16.5. The zero-order valence-corrected chi connectivity index (χ0v) is 18.4. The van der Waals surface area contributed by atoms with E-state index in [2.05, 4.69) is 16.6 Å². The second kappa shape index (κ2) is 12.0. The number of hydrogen-bond donors (Lipinski definition) is 1. The third-order valence-electron chi connectivity index (χ3n) is 4.35. The Morgan fingerprint density at radius 1 is 1.12 bits per heavy atom. The molecule has 7 nitrogen and oxygen atoms in total. The SMILES string of the molecule is C=CCc1cc(/C=C(\C#N)C(=O)Nc2ccc(C(=O)OC)cc2)cc(OCC)c1OCC. The van der Waals surface area contributed by atoms with Gasteiger partial charge in [0.1, 0.15) is 11.6 Å². The number of allylic oxidation sites excluding steroid dienone is 1. The number of carbonyl (C=O) groups excluding carboxylic acids is 2. The minimum Gasteiger partial charge on any atom is -0.490 e. The van der Waals surface area contributed by atoms with Crippen molar-refractivity contribution in [2.24, 2.45) is 0 Å². The molecule has 0 aliphatic rings. The van der Waals surface area contributed by atoms with Gasteiger partial charge in [-0.1, -0.05) is 6.08 Å². The number of nitrogens with zero attached hydrogens (tertiary/aromatic N) is 1. The van der Waals surface area contributed by atoms with Gasteiger partial charge in [-0.25, -0.2) is 4.79 Å². The Bertz CT molecular complexity index is 1050. The van der Waals surface area contributed by atoms with Crippen molar-refractivity contribution < 1.29 is 23.8 Å². The number of nitrogens with one attached hydrogen (secondary N) is 1. The van der Waals surface area contributed by atoms with Crippen LogP contribution < -0.4 is 14.8 Å². The number of hydrogen-bond acceptors (Lipinski definition) is 6. The molecule has 0 saturated carbocycles. The number of ether oxygens (including phenoxy) is 3. The van der Waals surface area contributed by atoms with E-state index in [1.807, 2.05) is 26.0 Å². The lowest BCUT2D eigenvalue weighted by atomic mass is 10.0. The molecule has 0 aromatic heterocycles. The zero-order valence-electron chi connectivity index (χ0n) is 18.4. The predicted octanol–water partition coefficient (Wildman–Crippen LogP) is 4.54. The van der Waals surface area contributed by atoms with Crippen LogP contribution in [0.5, 0.6) is 11.5 Å². The maximum absolute atomic E-state index is 12.6. The largest absolute Gasteiger partial charge is 0.490 e. The van der Waals surface area contributed by atoms with Crippen LogP contribution in [0.4, 0.5) is 5.69 Å². The van der Waals surface area contributed by atoms with Crippen LogP contribution in [0.2, 0.25) is 0 Å². The van der Waals surface area contributed by atoms with Gasteiger partial charge in [0.15, 0.2) is 11.5 Å². The molecule has 32 heavy (non-hydrogen) atoms. The number of anilines is 1. The van der Waals surface area contributed by atoms with E-state index >= 15 is 0 Å². The lowest BCUT2D eigenvalue weighted by Crippen LogP contribution is -2.13. The Morgan fingerprint density at radius 3 is 2.38 bits per heavy atom. The van der Waals surface area contributed by atoms with Crippen molar-refractivity contribution in [1.29, 1.82) is 5.26 Å². The number of benzene rings is 2. The van der Waals surface area contributed by atoms with Gasteiger partial charge >= 0.3 is 5.97 Å². The van der Waals surface area contributed by atoms with Crippen molar-refractivity contribution >= 4 is 23.6 Å². The normalized spacial score (nSPS) is 10.6. The molecule has 0 aliphatic carbocycles. The van der Waals surface area contributed by atoms with Crippen LogP contribution in [0.1, 0.15) is 35.3 Å². The molecule has 2 aromatic rings. The lowest BCUT2D eigenvalue weighted by molar-refractivity contribution is -0.112. The molecule has 2 rings (SSSR count). The monoisotopic (exact) mass is 434 g/mol. The number of rotatable bonds is 10. The van der Waals surface area contributed by atoms with E-state index in [0.717, 1.165) is 5.56 Å². The van der Waals surface area contributed by atoms with Gasteiger partial charge in [-0.05, 0) is 68.3 Å². The molecule has 0 fully saturated rings. The Kier molecular flexibility index (Phi) is 9.05. The highest BCUT2D eigenvalue weighted by Crippen LogP contribution is 2.34. The summed E-state index contributed by atoms with van der Waals surface area (Å²) in [6.45, 7) is 8.44. The topological polar surface area (TPSA) is 97.7 Å². The van der Waals surface area contributed by atoms with Crippen LogP contribution in [0.25, 0.3) is 6.08 Å². The number of nitriles is 1. The summed E-state index contributed by atoms with van der Waals surface area (Å²) < 4.78 is 16.1. The molecule has 0 spiro atoms. The second-order valence-corrected chi connectivity index (χ2v) is 6.56. The minimum absolute atomic E-state index is 0.0850. The van der Waals surface area contributed by atoms with Gasteiger partial charge in [0.2, 0.25) is 0 Å². The first-order chi connectivity index (χ1) is 15.5. The van der Waals surface area contributed by atoms with Gasteiger partial charge in [-0.15, -0.1) is 6.58 Å². The summed E-state index contributed by atoms with van der Waals surface area (Å²) in [6, 6.07) is 11.7. The average Bonchev–Trinajstić information content (AvgIpc) is 2.79. The molecule has 0 heterocycles. The predicted molar refractivity (Wildman–Crippen MR) is 123 cm³/mol. The fourth-order valence-corrected chi connectivity index (χ4v) is 2.97. The summed E-state index contributed by atoms with van der Waals surface area (Å²) in [5.41, 5.74) is 2.18. The summed E-state index contributed by atoms with van der Waals surface area (Å²) >= 11 is 0. The first kappa shape index (κ1) is 24.2. The molecule has 0 bridgehead atoms. The molecule has 0 saturated heterocycles. The molecule has 2 aromatic carbocycles. The van der Waals surface area contributed by atoms with Gasteiger partial charge in [0.25, 0.3) is 5.91 Å². The Balaban J connectivity index is 2.34. The molecule has 1 amide bonds. The quantitative estimate of drug-likeness (QED) is 0.255. The second-order valence-electron chi connectivity index (χ2n) is 6.56. The van der Waals surface area contributed by atoms with Gasteiger partial charge in [-0.3, -0.25) is 4.79 Å². The molecule has 0 aliphatic heterocycles. The van der Waals surface area contributed by atoms with Crippen molar-refractivity contribution in [3.63, 3.8) is 0 Å². The van der Waals surface area contributed by atoms with Crippen LogP contribution in [-0.2, 0) is 16.0 Å². The van der Waals surface area contributed by atoms with E-state index < -0.39 is 11.9 Å². The first-order valence-corrected chi connectivity index (χ1v) is 10.1. The number of amides is 1. The number of methoxy groups -OCH3 is 1. The Morgan fingerprint density at radius 2 is 1.81 bits per heavy atom. The summed E-state index contributed by atoms with van der Waals surface area (Å²) in [5.74, 6) is 0.114. The maximum atomic E-state index is 12.6. The fraction of sp³-hybridized carbons (Fsp3) is 0.240. The van der Waals surface area contributed by atoms with Crippen LogP contribution in [0.15, 0.2) is 54.6 Å². The first-order valence-electron chi connectivity index (χ1n) is 10.1. The standard InChI is InChI=1S/C25H26N2O5/c1-5-8-19-13-17(15-22(31-6-2)23(19)32-7-3)14-20(16-26)24(28)27-21-11-9-18(10-12-21)25(29)30-4/h5,9-15H,1,6-8H2,2-4H3,(H,27,28)/b20-14+. The van der Waals surface area contributed by atoms with Gasteiger partial charge < -0.3 is 19.5 Å². The summed E-state index contributed by atoms with van der Waals surface area (Å²) in [4.78, 5) is 24.2. The van der Waals surface area contributed by atoms with E-state index in [1.54, 1.807) is 24.3 Å².